The van der Waals surface area contributed by atoms with Crippen LogP contribution in [-0.2, 0) is 46.6 Å². The third-order valence-corrected chi connectivity index (χ3v) is 7.76. The van der Waals surface area contributed by atoms with Crippen LogP contribution in [0.15, 0.2) is 54.6 Å². The van der Waals surface area contributed by atoms with Crippen LogP contribution in [0, 0.1) is 5.92 Å². The summed E-state index contributed by atoms with van der Waals surface area (Å²) in [6, 6.07) is 12.4. The third-order valence-electron chi connectivity index (χ3n) is 7.76. The molecule has 0 unspecified atom stereocenters. The van der Waals surface area contributed by atoms with Crippen molar-refractivity contribution >= 4 is 41.2 Å². The number of nitrogens with zero attached hydrogens (tertiary/aromatic N) is 1. The number of likely N-dealkylation sites (tertiary alicyclic amines) is 1. The lowest BCUT2D eigenvalue weighted by Crippen LogP contribution is -2.72. The Balaban J connectivity index is 1.66. The van der Waals surface area contributed by atoms with Gasteiger partial charge in [-0.25, -0.2) is 0 Å². The van der Waals surface area contributed by atoms with Gasteiger partial charge in [-0.2, -0.15) is 0 Å². The van der Waals surface area contributed by atoms with E-state index in [1.807, 2.05) is 30.3 Å². The van der Waals surface area contributed by atoms with Crippen LogP contribution in [0.5, 0.6) is 5.75 Å². The number of Topliss-reactive ketones (excluding diaryl/α,β-unsaturated/α-hetero) is 1. The van der Waals surface area contributed by atoms with Gasteiger partial charge in [0.05, 0.1) is 12.5 Å². The number of amides is 6. The smallest absolute Gasteiger partial charge is 0.252 e. The highest BCUT2D eigenvalue weighted by Crippen LogP contribution is 2.33. The van der Waals surface area contributed by atoms with Gasteiger partial charge in [0.2, 0.25) is 23.6 Å². The number of carbonyl (C=O) groups is 7. The van der Waals surface area contributed by atoms with Crippen LogP contribution in [0.4, 0.5) is 0 Å². The molecule has 0 aromatic heterocycles. The molecule has 1 heterocycles. The molecule has 4 atom stereocenters. The maximum absolute atomic E-state index is 13.5. The number of nitrogens with two attached hydrogens (primary N) is 3. The summed E-state index contributed by atoms with van der Waals surface area (Å²) < 4.78 is 5.76. The predicted molar refractivity (Wildman–Crippen MR) is 165 cm³/mol. The summed E-state index contributed by atoms with van der Waals surface area (Å²) in [5.41, 5.74) is 16.4. The maximum atomic E-state index is 13.5. The molecule has 3 rings (SSSR count). The van der Waals surface area contributed by atoms with Crippen LogP contribution in [0.3, 0.4) is 0 Å². The Kier molecular flexibility index (Phi) is 11.7. The molecule has 14 nitrogen and oxygen atoms in total. The van der Waals surface area contributed by atoms with Crippen LogP contribution in [0.25, 0.3) is 0 Å². The molecule has 2 aromatic rings. The summed E-state index contributed by atoms with van der Waals surface area (Å²) in [6.45, 7) is 4.55. The van der Waals surface area contributed by atoms with Gasteiger partial charge in [-0.1, -0.05) is 56.3 Å². The zero-order valence-corrected chi connectivity index (χ0v) is 26.0. The zero-order valence-electron chi connectivity index (χ0n) is 26.0. The Morgan fingerprint density at radius 2 is 1.50 bits per heavy atom. The highest BCUT2D eigenvalue weighted by atomic mass is 16.5. The molecule has 1 saturated heterocycles. The summed E-state index contributed by atoms with van der Waals surface area (Å²) in [7, 11) is 0. The number of primary amides is 2. The molecule has 0 radical (unpaired) electrons. The van der Waals surface area contributed by atoms with Crippen molar-refractivity contribution in [1.82, 2.24) is 15.5 Å². The molecule has 1 aliphatic heterocycles. The van der Waals surface area contributed by atoms with Crippen LogP contribution >= 0.6 is 0 Å². The summed E-state index contributed by atoms with van der Waals surface area (Å²) in [4.78, 5) is 90.1. The molecule has 246 valence electrons. The van der Waals surface area contributed by atoms with Crippen molar-refractivity contribution < 1.29 is 38.3 Å². The number of carbonyl (C=O) groups excluding carboxylic acids is 7. The van der Waals surface area contributed by atoms with E-state index in [9.17, 15) is 33.6 Å². The van der Waals surface area contributed by atoms with Gasteiger partial charge in [0, 0.05) is 12.8 Å². The molecule has 46 heavy (non-hydrogen) atoms. The maximum Gasteiger partial charge on any atom is 0.252 e. The number of piperidine rings is 1. The van der Waals surface area contributed by atoms with E-state index in [0.717, 1.165) is 5.56 Å². The average molecular weight is 637 g/mol. The monoisotopic (exact) mass is 636 g/mol. The molecule has 14 heteroatoms. The fourth-order valence-electron chi connectivity index (χ4n) is 5.32. The van der Waals surface area contributed by atoms with Crippen LogP contribution in [0.2, 0.25) is 0 Å². The Morgan fingerprint density at radius 1 is 0.870 bits per heavy atom. The summed E-state index contributed by atoms with van der Waals surface area (Å²) >= 11 is 0. The molecule has 8 N–H and O–H groups in total. The van der Waals surface area contributed by atoms with Gasteiger partial charge < -0.3 is 32.6 Å². The first-order chi connectivity index (χ1) is 21.7. The van der Waals surface area contributed by atoms with Gasteiger partial charge in [-0.3, -0.25) is 38.5 Å². The minimum Gasteiger partial charge on any atom is -0.489 e. The van der Waals surface area contributed by atoms with Crippen molar-refractivity contribution in [3.63, 3.8) is 0 Å². The number of nitrogens with one attached hydrogen (secondary N) is 2. The number of imide groups is 1. The Hall–Kier alpha value is -5.11. The number of ketones is 1. The first-order valence-corrected chi connectivity index (χ1v) is 14.8. The highest BCUT2D eigenvalue weighted by molar-refractivity contribution is 6.20. The SMILES string of the molecule is CC(C)[C@]1(C(N)=O)C(=O)CCC(=O)N1C(=O)[C@H](C)NC(=O)[C@H](CC(N)=O)NC(=O)[C@@H](N)Cc1ccc(OCc2ccccc2)cc1. The Morgan fingerprint density at radius 3 is 2.07 bits per heavy atom. The lowest BCUT2D eigenvalue weighted by molar-refractivity contribution is -0.171. The van der Waals surface area contributed by atoms with Gasteiger partial charge in [0.15, 0.2) is 11.3 Å². The summed E-state index contributed by atoms with van der Waals surface area (Å²) in [5, 5.41) is 4.72. The minimum atomic E-state index is -2.23. The van der Waals surface area contributed by atoms with Gasteiger partial charge in [0.1, 0.15) is 24.4 Å². The Bertz CT molecular complexity index is 1480. The number of benzene rings is 2. The van der Waals surface area contributed by atoms with Crippen molar-refractivity contribution in [3.8, 4) is 5.75 Å². The van der Waals surface area contributed by atoms with Crippen molar-refractivity contribution in [1.29, 1.82) is 0 Å². The number of rotatable bonds is 14. The van der Waals surface area contributed by atoms with Crippen LogP contribution < -0.4 is 32.6 Å². The zero-order chi connectivity index (χ0) is 34.2. The first kappa shape index (κ1) is 35.4. The standard InChI is InChI=1S/C32H40N6O8/c1-18(2)32(31(35)45)25(39)13-14-27(41)38(32)30(44)19(3)36-29(43)24(16-26(34)40)37-28(42)23(33)15-20-9-11-22(12-10-20)46-17-21-7-5-4-6-8-21/h4-12,18-19,23-24H,13-17,33H2,1-3H3,(H2,34,40)(H2,35,45)(H,36,43)(H,37,42)/t19-,23-,24-,32+/m0/s1. The lowest BCUT2D eigenvalue weighted by Gasteiger charge is -2.45. The van der Waals surface area contributed by atoms with Crippen molar-refractivity contribution in [3.05, 3.63) is 65.7 Å². The first-order valence-electron chi connectivity index (χ1n) is 14.8. The van der Waals surface area contributed by atoms with Crippen molar-refractivity contribution in [2.45, 2.75) is 76.7 Å². The second-order valence-electron chi connectivity index (χ2n) is 11.5. The fraction of sp³-hybridized carbons (Fsp3) is 0.406. The largest absolute Gasteiger partial charge is 0.489 e. The Labute approximate surface area is 266 Å². The van der Waals surface area contributed by atoms with Gasteiger partial charge in [0.25, 0.3) is 11.8 Å². The van der Waals surface area contributed by atoms with Crippen molar-refractivity contribution in [2.24, 2.45) is 23.1 Å². The molecule has 1 fully saturated rings. The molecular weight excluding hydrogens is 596 g/mol. The van der Waals surface area contributed by atoms with Crippen molar-refractivity contribution in [2.75, 3.05) is 0 Å². The van der Waals surface area contributed by atoms with Gasteiger partial charge in [-0.05, 0) is 42.5 Å². The van der Waals surface area contributed by atoms with Crippen LogP contribution in [-0.4, -0.2) is 69.8 Å². The van der Waals surface area contributed by atoms with Gasteiger partial charge >= 0.3 is 0 Å². The molecule has 0 saturated carbocycles. The van der Waals surface area contributed by atoms with E-state index in [0.29, 0.717) is 22.8 Å². The van der Waals surface area contributed by atoms with E-state index in [2.05, 4.69) is 10.6 Å². The molecule has 0 bridgehead atoms. The van der Waals surface area contributed by atoms with E-state index in [1.165, 1.54) is 20.8 Å². The summed E-state index contributed by atoms with van der Waals surface area (Å²) in [5.74, 6) is -6.64. The molecule has 2 aromatic carbocycles. The number of hydrogen-bond acceptors (Lipinski definition) is 9. The molecule has 6 amide bonds. The predicted octanol–water partition coefficient (Wildman–Crippen LogP) is -0.401. The number of hydrogen-bond donors (Lipinski definition) is 5. The van der Waals surface area contributed by atoms with E-state index in [1.54, 1.807) is 24.3 Å². The topological polar surface area (TPSA) is 234 Å². The third kappa shape index (κ3) is 8.13. The molecule has 0 spiro atoms. The molecular formula is C32H40N6O8. The average Bonchev–Trinajstić information content (AvgIpc) is 3.00. The normalized spacial score (nSPS) is 18.3. The van der Waals surface area contributed by atoms with E-state index >= 15 is 0 Å². The second-order valence-corrected chi connectivity index (χ2v) is 11.5. The molecule has 0 aliphatic carbocycles. The highest BCUT2D eigenvalue weighted by Gasteiger charge is 2.58. The lowest BCUT2D eigenvalue weighted by atomic mass is 9.75. The summed E-state index contributed by atoms with van der Waals surface area (Å²) in [6.07, 6.45) is -1.14. The van der Waals surface area contributed by atoms with E-state index < -0.39 is 77.2 Å². The minimum absolute atomic E-state index is 0.0834. The van der Waals surface area contributed by atoms with E-state index in [4.69, 9.17) is 21.9 Å². The van der Waals surface area contributed by atoms with Gasteiger partial charge in [-0.15, -0.1) is 0 Å². The number of ether oxygens (including phenoxy) is 1. The van der Waals surface area contributed by atoms with E-state index in [-0.39, 0.29) is 19.3 Å². The fourth-order valence-corrected chi connectivity index (χ4v) is 5.32. The van der Waals surface area contributed by atoms with Crippen LogP contribution in [0.1, 0.15) is 51.2 Å². The quantitative estimate of drug-likeness (QED) is 0.169. The second kappa shape index (κ2) is 15.3. The molecule has 1 aliphatic rings.